The van der Waals surface area contributed by atoms with Crippen molar-refractivity contribution < 1.29 is 4.21 Å². The van der Waals surface area contributed by atoms with Gasteiger partial charge in [-0.25, -0.2) is 0 Å². The molecule has 18 heavy (non-hydrogen) atoms. The van der Waals surface area contributed by atoms with Crippen LogP contribution in [0.25, 0.3) is 0 Å². The highest BCUT2D eigenvalue weighted by Crippen LogP contribution is 2.23. The van der Waals surface area contributed by atoms with E-state index in [0.717, 1.165) is 20.5 Å². The van der Waals surface area contributed by atoms with Gasteiger partial charge in [0.2, 0.25) is 0 Å². The van der Waals surface area contributed by atoms with E-state index >= 15 is 0 Å². The highest BCUT2D eigenvalue weighted by atomic mass is 79.9. The Hall–Kier alpha value is -1.13. The smallest absolute Gasteiger partial charge is 0.0574 e. The molecule has 0 aliphatic rings. The molecule has 2 N–H and O–H groups in total. The number of aryl methyl sites for hydroxylation is 1. The summed E-state index contributed by atoms with van der Waals surface area (Å²) in [5, 5.41) is 0. The second-order valence-corrected chi connectivity index (χ2v) is 6.46. The molecule has 2 nitrogen and oxygen atoms in total. The number of anilines is 1. The molecule has 0 saturated heterocycles. The Morgan fingerprint density at radius 2 is 2.00 bits per heavy atom. The lowest BCUT2D eigenvalue weighted by molar-refractivity contribution is 0.682. The van der Waals surface area contributed by atoms with Crippen LogP contribution in [0.3, 0.4) is 0 Å². The Balaban J connectivity index is 2.21. The lowest BCUT2D eigenvalue weighted by Crippen LogP contribution is -1.98. The molecule has 0 bridgehead atoms. The first kappa shape index (κ1) is 13.3. The second-order valence-electron chi connectivity index (χ2n) is 4.16. The fourth-order valence-electron chi connectivity index (χ4n) is 1.66. The molecule has 94 valence electrons. The van der Waals surface area contributed by atoms with E-state index in [1.54, 1.807) is 0 Å². The van der Waals surface area contributed by atoms with Crippen LogP contribution in [-0.4, -0.2) is 4.21 Å². The molecule has 0 aromatic heterocycles. The summed E-state index contributed by atoms with van der Waals surface area (Å²) in [5.74, 6) is 0.490. The van der Waals surface area contributed by atoms with E-state index in [1.807, 2.05) is 49.4 Å². The Morgan fingerprint density at radius 3 is 2.67 bits per heavy atom. The van der Waals surface area contributed by atoms with E-state index in [4.69, 9.17) is 5.73 Å². The van der Waals surface area contributed by atoms with Gasteiger partial charge in [0.15, 0.2) is 0 Å². The average Bonchev–Trinajstić information content (AvgIpc) is 2.32. The molecule has 2 aromatic rings. The van der Waals surface area contributed by atoms with Crippen molar-refractivity contribution in [2.75, 3.05) is 5.73 Å². The van der Waals surface area contributed by atoms with Crippen LogP contribution in [0.15, 0.2) is 51.8 Å². The number of hydrogen-bond acceptors (Lipinski definition) is 2. The van der Waals surface area contributed by atoms with E-state index in [0.29, 0.717) is 11.4 Å². The van der Waals surface area contributed by atoms with Gasteiger partial charge in [0.05, 0.1) is 16.6 Å². The summed E-state index contributed by atoms with van der Waals surface area (Å²) in [7, 11) is -1.03. The first-order valence-electron chi connectivity index (χ1n) is 5.55. The van der Waals surface area contributed by atoms with Crippen molar-refractivity contribution in [3.05, 3.63) is 58.1 Å². The number of benzene rings is 2. The van der Waals surface area contributed by atoms with E-state index < -0.39 is 10.8 Å². The quantitative estimate of drug-likeness (QED) is 0.876. The van der Waals surface area contributed by atoms with Gasteiger partial charge < -0.3 is 5.73 Å². The SMILES string of the molecule is Cc1cccc(S(=O)Cc2ccc(N)cc2Br)c1. The van der Waals surface area contributed by atoms with Gasteiger partial charge in [-0.05, 0) is 42.3 Å². The molecule has 2 aromatic carbocycles. The highest BCUT2D eigenvalue weighted by Gasteiger charge is 2.08. The monoisotopic (exact) mass is 323 g/mol. The largest absolute Gasteiger partial charge is 0.399 e. The molecule has 1 atom stereocenters. The van der Waals surface area contributed by atoms with E-state index in [1.165, 1.54) is 0 Å². The van der Waals surface area contributed by atoms with Crippen molar-refractivity contribution in [2.24, 2.45) is 0 Å². The molecule has 0 amide bonds. The van der Waals surface area contributed by atoms with Crippen LogP contribution in [0.2, 0.25) is 0 Å². The zero-order valence-corrected chi connectivity index (χ0v) is 12.4. The van der Waals surface area contributed by atoms with Gasteiger partial charge in [0, 0.05) is 15.1 Å². The standard InChI is InChI=1S/C14H14BrNOS/c1-10-3-2-4-13(7-10)18(17)9-11-5-6-12(16)8-14(11)15/h2-8H,9,16H2,1H3. The zero-order valence-electron chi connectivity index (χ0n) is 10.0. The minimum Gasteiger partial charge on any atom is -0.399 e. The summed E-state index contributed by atoms with van der Waals surface area (Å²) in [4.78, 5) is 0.860. The van der Waals surface area contributed by atoms with Crippen molar-refractivity contribution in [3.8, 4) is 0 Å². The molecule has 0 fully saturated rings. The van der Waals surface area contributed by atoms with Gasteiger partial charge in [-0.2, -0.15) is 0 Å². The number of hydrogen-bond donors (Lipinski definition) is 1. The summed E-state index contributed by atoms with van der Waals surface area (Å²) in [6.07, 6.45) is 0. The first-order valence-corrected chi connectivity index (χ1v) is 7.66. The molecule has 0 spiro atoms. The van der Waals surface area contributed by atoms with Crippen LogP contribution in [0, 0.1) is 6.92 Å². The molecule has 2 rings (SSSR count). The molecule has 0 aliphatic heterocycles. The fraction of sp³-hybridized carbons (Fsp3) is 0.143. The van der Waals surface area contributed by atoms with Crippen LogP contribution in [0.1, 0.15) is 11.1 Å². The predicted molar refractivity (Wildman–Crippen MR) is 79.8 cm³/mol. The fourth-order valence-corrected chi connectivity index (χ4v) is 3.63. The van der Waals surface area contributed by atoms with Crippen LogP contribution < -0.4 is 5.73 Å². The summed E-state index contributed by atoms with van der Waals surface area (Å²) in [6.45, 7) is 2.00. The predicted octanol–water partition coefficient (Wildman–Crippen LogP) is 3.65. The molecule has 4 heteroatoms. The molecule has 0 aliphatic carbocycles. The van der Waals surface area contributed by atoms with Gasteiger partial charge in [0.1, 0.15) is 0 Å². The summed E-state index contributed by atoms with van der Waals surface area (Å²) in [6, 6.07) is 13.4. The average molecular weight is 324 g/mol. The molecular weight excluding hydrogens is 310 g/mol. The first-order chi connectivity index (χ1) is 8.56. The third-order valence-corrected chi connectivity index (χ3v) is 4.71. The minimum atomic E-state index is -1.03. The van der Waals surface area contributed by atoms with Crippen molar-refractivity contribution in [1.82, 2.24) is 0 Å². The van der Waals surface area contributed by atoms with Gasteiger partial charge in [0.25, 0.3) is 0 Å². The van der Waals surface area contributed by atoms with Crippen LogP contribution >= 0.6 is 15.9 Å². The topological polar surface area (TPSA) is 43.1 Å². The normalized spacial score (nSPS) is 12.3. The van der Waals surface area contributed by atoms with Gasteiger partial charge >= 0.3 is 0 Å². The van der Waals surface area contributed by atoms with Crippen molar-refractivity contribution >= 4 is 32.4 Å². The second kappa shape index (κ2) is 5.67. The number of rotatable bonds is 3. The molecular formula is C14H14BrNOS. The Morgan fingerprint density at radius 1 is 1.22 bits per heavy atom. The third-order valence-electron chi connectivity index (χ3n) is 2.62. The molecule has 0 radical (unpaired) electrons. The Bertz CT molecular complexity index is 598. The summed E-state index contributed by atoms with van der Waals surface area (Å²) in [5.41, 5.74) is 8.51. The van der Waals surface area contributed by atoms with Crippen molar-refractivity contribution in [3.63, 3.8) is 0 Å². The maximum atomic E-state index is 12.3. The Kier molecular flexibility index (Phi) is 4.19. The molecule has 1 unspecified atom stereocenters. The summed E-state index contributed by atoms with van der Waals surface area (Å²) >= 11 is 3.45. The number of nitrogen functional groups attached to an aromatic ring is 1. The minimum absolute atomic E-state index is 0.490. The maximum absolute atomic E-state index is 12.3. The maximum Gasteiger partial charge on any atom is 0.0574 e. The number of nitrogens with two attached hydrogens (primary N) is 1. The van der Waals surface area contributed by atoms with Gasteiger partial charge in [-0.15, -0.1) is 0 Å². The van der Waals surface area contributed by atoms with E-state index in [2.05, 4.69) is 15.9 Å². The van der Waals surface area contributed by atoms with E-state index in [-0.39, 0.29) is 0 Å². The third kappa shape index (κ3) is 3.21. The molecule has 0 saturated carbocycles. The Labute approximate surface area is 118 Å². The van der Waals surface area contributed by atoms with Gasteiger partial charge in [-0.1, -0.05) is 34.1 Å². The zero-order chi connectivity index (χ0) is 13.1. The van der Waals surface area contributed by atoms with Gasteiger partial charge in [-0.3, -0.25) is 4.21 Å². The molecule has 0 heterocycles. The van der Waals surface area contributed by atoms with Crippen LogP contribution in [0.4, 0.5) is 5.69 Å². The van der Waals surface area contributed by atoms with Crippen molar-refractivity contribution in [2.45, 2.75) is 17.6 Å². The lowest BCUT2D eigenvalue weighted by Gasteiger charge is -2.06. The number of halogens is 1. The summed E-state index contributed by atoms with van der Waals surface area (Å²) < 4.78 is 13.2. The van der Waals surface area contributed by atoms with Crippen LogP contribution in [-0.2, 0) is 16.6 Å². The van der Waals surface area contributed by atoms with E-state index in [9.17, 15) is 4.21 Å². The van der Waals surface area contributed by atoms with Crippen molar-refractivity contribution in [1.29, 1.82) is 0 Å². The van der Waals surface area contributed by atoms with Crippen LogP contribution in [0.5, 0.6) is 0 Å². The lowest BCUT2D eigenvalue weighted by atomic mass is 10.2. The highest BCUT2D eigenvalue weighted by molar-refractivity contribution is 9.10.